The van der Waals surface area contributed by atoms with Crippen molar-refractivity contribution in [2.24, 2.45) is 0 Å². The van der Waals surface area contributed by atoms with Gasteiger partial charge < -0.3 is 14.8 Å². The molecule has 1 aliphatic heterocycles. The van der Waals surface area contributed by atoms with E-state index in [1.807, 2.05) is 0 Å². The molecule has 0 aromatic heterocycles. The highest BCUT2D eigenvalue weighted by molar-refractivity contribution is 6.17. The van der Waals surface area contributed by atoms with E-state index in [9.17, 15) is 14.4 Å². The number of halogens is 1. The molecule has 0 aromatic rings. The average Bonchev–Trinajstić information content (AvgIpc) is 2.86. The molecule has 1 saturated heterocycles. The van der Waals surface area contributed by atoms with Crippen molar-refractivity contribution in [3.63, 3.8) is 0 Å². The van der Waals surface area contributed by atoms with Crippen LogP contribution < -0.4 is 5.32 Å². The Morgan fingerprint density at radius 2 is 2.00 bits per heavy atom. The summed E-state index contributed by atoms with van der Waals surface area (Å²) >= 11 is 5.26. The van der Waals surface area contributed by atoms with E-state index in [0.717, 1.165) is 6.42 Å². The Kier molecular flexibility index (Phi) is 6.93. The van der Waals surface area contributed by atoms with Crippen LogP contribution in [0.4, 0.5) is 4.79 Å². The van der Waals surface area contributed by atoms with Gasteiger partial charge in [-0.25, -0.2) is 4.79 Å². The van der Waals surface area contributed by atoms with Crippen LogP contribution >= 0.6 is 11.6 Å². The molecule has 1 unspecified atom stereocenters. The second-order valence-electron chi connectivity index (χ2n) is 6.00. The molecular formula is C14H23ClN2O5. The first-order valence-corrected chi connectivity index (χ1v) is 7.77. The highest BCUT2D eigenvalue weighted by atomic mass is 35.5. The minimum atomic E-state index is -0.605. The number of amides is 2. The van der Waals surface area contributed by atoms with Crippen LogP contribution in [0.25, 0.3) is 0 Å². The molecule has 0 aliphatic carbocycles. The lowest BCUT2D eigenvalue weighted by atomic mass is 10.2. The molecule has 2 amide bonds. The van der Waals surface area contributed by atoms with Crippen molar-refractivity contribution in [2.45, 2.75) is 51.7 Å². The smallest absolute Gasteiger partial charge is 0.410 e. The number of esters is 1. The maximum atomic E-state index is 12.1. The molecule has 0 spiro atoms. The van der Waals surface area contributed by atoms with Gasteiger partial charge in [0.05, 0.1) is 6.42 Å². The Morgan fingerprint density at radius 3 is 2.59 bits per heavy atom. The summed E-state index contributed by atoms with van der Waals surface area (Å²) in [7, 11) is 0. The van der Waals surface area contributed by atoms with Gasteiger partial charge in [0.1, 0.15) is 11.6 Å². The number of likely N-dealkylation sites (tertiary alicyclic amines) is 1. The molecule has 1 heterocycles. The summed E-state index contributed by atoms with van der Waals surface area (Å²) in [6.45, 7) is 5.96. The van der Waals surface area contributed by atoms with Gasteiger partial charge in [0.25, 0.3) is 0 Å². The number of hydrogen-bond acceptors (Lipinski definition) is 5. The van der Waals surface area contributed by atoms with Gasteiger partial charge in [-0.1, -0.05) is 11.6 Å². The standard InChI is InChI=1S/C14H23ClN2O5/c1-14(2,3)22-13(20)17-8-4-5-10(17)12(19)16-7-6-11(18)21-9-15/h10H,4-9H2,1-3H3,(H,16,19). The third kappa shape index (κ3) is 6.09. The van der Waals surface area contributed by atoms with Gasteiger partial charge in [0.2, 0.25) is 5.91 Å². The monoisotopic (exact) mass is 334 g/mol. The SMILES string of the molecule is CC(C)(C)OC(=O)N1CCCC1C(=O)NCCC(=O)OCCl. The van der Waals surface area contributed by atoms with Crippen molar-refractivity contribution < 1.29 is 23.9 Å². The molecule has 0 radical (unpaired) electrons. The minimum absolute atomic E-state index is 0.0393. The predicted molar refractivity (Wildman–Crippen MR) is 80.4 cm³/mol. The quantitative estimate of drug-likeness (QED) is 0.610. The van der Waals surface area contributed by atoms with E-state index in [1.165, 1.54) is 4.90 Å². The normalized spacial score (nSPS) is 18.0. The van der Waals surface area contributed by atoms with Gasteiger partial charge in [-0.3, -0.25) is 14.5 Å². The summed E-state index contributed by atoms with van der Waals surface area (Å²) in [4.78, 5) is 36.8. The molecule has 126 valence electrons. The second kappa shape index (κ2) is 8.22. The Balaban J connectivity index is 2.46. The summed E-state index contributed by atoms with van der Waals surface area (Å²) in [6.07, 6.45) is 0.868. The molecule has 1 N–H and O–H groups in total. The van der Waals surface area contributed by atoms with Crippen molar-refractivity contribution >= 4 is 29.6 Å². The lowest BCUT2D eigenvalue weighted by Crippen LogP contribution is -2.47. The van der Waals surface area contributed by atoms with Crippen LogP contribution in [-0.4, -0.2) is 53.7 Å². The minimum Gasteiger partial charge on any atom is -0.449 e. The third-order valence-electron chi connectivity index (χ3n) is 3.03. The van der Waals surface area contributed by atoms with Crippen molar-refractivity contribution in [1.29, 1.82) is 0 Å². The van der Waals surface area contributed by atoms with Crippen molar-refractivity contribution in [1.82, 2.24) is 10.2 Å². The summed E-state index contributed by atoms with van der Waals surface area (Å²) in [6, 6.07) is -0.763. The molecule has 1 aliphatic rings. The molecular weight excluding hydrogens is 312 g/mol. The van der Waals surface area contributed by atoms with Gasteiger partial charge in [0, 0.05) is 13.1 Å². The molecule has 0 saturated carbocycles. The van der Waals surface area contributed by atoms with E-state index in [4.69, 9.17) is 16.3 Å². The van der Waals surface area contributed by atoms with Crippen LogP contribution in [0.1, 0.15) is 40.0 Å². The van der Waals surface area contributed by atoms with E-state index in [2.05, 4.69) is 10.1 Å². The third-order valence-corrected chi connectivity index (χ3v) is 3.14. The maximum Gasteiger partial charge on any atom is 0.410 e. The number of nitrogens with zero attached hydrogens (tertiary/aromatic N) is 1. The number of carbonyl (C=O) groups excluding carboxylic acids is 3. The molecule has 1 fully saturated rings. The zero-order valence-electron chi connectivity index (χ0n) is 13.2. The molecule has 8 heteroatoms. The fourth-order valence-corrected chi connectivity index (χ4v) is 2.24. The Bertz CT molecular complexity index is 422. The summed E-state index contributed by atoms with van der Waals surface area (Å²) < 4.78 is 9.85. The predicted octanol–water partition coefficient (Wildman–Crippen LogP) is 1.63. The molecule has 22 heavy (non-hydrogen) atoms. The Morgan fingerprint density at radius 1 is 1.32 bits per heavy atom. The fourth-order valence-electron chi connectivity index (χ4n) is 2.12. The summed E-state index contributed by atoms with van der Waals surface area (Å²) in [5, 5.41) is 2.63. The van der Waals surface area contributed by atoms with Crippen molar-refractivity contribution in [3.05, 3.63) is 0 Å². The van der Waals surface area contributed by atoms with E-state index in [0.29, 0.717) is 13.0 Å². The van der Waals surface area contributed by atoms with Crippen molar-refractivity contribution in [2.75, 3.05) is 19.2 Å². The number of nitrogens with one attached hydrogen (secondary N) is 1. The first kappa shape index (κ1) is 18.5. The van der Waals surface area contributed by atoms with Gasteiger partial charge in [-0.2, -0.15) is 0 Å². The number of alkyl halides is 1. The first-order chi connectivity index (χ1) is 10.2. The highest BCUT2D eigenvalue weighted by Crippen LogP contribution is 2.20. The van der Waals surface area contributed by atoms with Crippen LogP contribution in [0.5, 0.6) is 0 Å². The second-order valence-corrected chi connectivity index (χ2v) is 6.22. The van der Waals surface area contributed by atoms with Gasteiger partial charge >= 0.3 is 12.1 Å². The fraction of sp³-hybridized carbons (Fsp3) is 0.786. The average molecular weight is 335 g/mol. The first-order valence-electron chi connectivity index (χ1n) is 7.23. The van der Waals surface area contributed by atoms with E-state index < -0.39 is 23.7 Å². The number of rotatable bonds is 5. The van der Waals surface area contributed by atoms with Crippen LogP contribution in [0.15, 0.2) is 0 Å². The van der Waals surface area contributed by atoms with Gasteiger partial charge in [-0.05, 0) is 33.6 Å². The number of ether oxygens (including phenoxy) is 2. The van der Waals surface area contributed by atoms with Crippen LogP contribution in [0.3, 0.4) is 0 Å². The highest BCUT2D eigenvalue weighted by Gasteiger charge is 2.36. The molecule has 7 nitrogen and oxygen atoms in total. The largest absolute Gasteiger partial charge is 0.449 e. The lowest BCUT2D eigenvalue weighted by Gasteiger charge is -2.28. The summed E-state index contributed by atoms with van der Waals surface area (Å²) in [5.41, 5.74) is -0.605. The number of carbonyl (C=O) groups is 3. The van der Waals surface area contributed by atoms with E-state index in [-0.39, 0.29) is 24.9 Å². The molecule has 1 atom stereocenters. The van der Waals surface area contributed by atoms with Crippen LogP contribution in [-0.2, 0) is 19.1 Å². The van der Waals surface area contributed by atoms with Gasteiger partial charge in [-0.15, -0.1) is 0 Å². The Labute approximate surface area is 135 Å². The number of hydrogen-bond donors (Lipinski definition) is 1. The van der Waals surface area contributed by atoms with Gasteiger partial charge in [0.15, 0.2) is 6.07 Å². The summed E-state index contributed by atoms with van der Waals surface area (Å²) in [5.74, 6) is -0.771. The van der Waals surface area contributed by atoms with Crippen LogP contribution in [0.2, 0.25) is 0 Å². The zero-order chi connectivity index (χ0) is 16.8. The molecule has 0 bridgehead atoms. The maximum absolute atomic E-state index is 12.1. The lowest BCUT2D eigenvalue weighted by molar-refractivity contribution is -0.141. The van der Waals surface area contributed by atoms with Crippen LogP contribution in [0, 0.1) is 0 Å². The van der Waals surface area contributed by atoms with E-state index >= 15 is 0 Å². The molecule has 1 rings (SSSR count). The molecule has 0 aromatic carbocycles. The topological polar surface area (TPSA) is 84.9 Å². The zero-order valence-corrected chi connectivity index (χ0v) is 13.9. The van der Waals surface area contributed by atoms with E-state index in [1.54, 1.807) is 20.8 Å². The Hall–Kier alpha value is -1.50. The van der Waals surface area contributed by atoms with Crippen molar-refractivity contribution in [3.8, 4) is 0 Å².